The lowest BCUT2D eigenvalue weighted by molar-refractivity contribution is 0.294. The van der Waals surface area contributed by atoms with Crippen LogP contribution in [0.3, 0.4) is 0 Å². The number of pyridine rings is 1. The van der Waals surface area contributed by atoms with Gasteiger partial charge in [0.1, 0.15) is 12.4 Å². The monoisotopic (exact) mass is 270 g/mol. The molecule has 1 unspecified atom stereocenters. The summed E-state index contributed by atoms with van der Waals surface area (Å²) in [4.78, 5) is 4.28. The number of hydrogen-bond donors (Lipinski definition) is 1. The zero-order valence-electron chi connectivity index (χ0n) is 12.2. The summed E-state index contributed by atoms with van der Waals surface area (Å²) in [6, 6.07) is 14.4. The van der Waals surface area contributed by atoms with E-state index in [1.807, 2.05) is 30.3 Å². The largest absolute Gasteiger partial charge is 0.487 e. The molecule has 2 aromatic rings. The molecule has 0 saturated heterocycles. The topological polar surface area (TPSA) is 34.1 Å². The number of para-hydroxylation sites is 1. The first kappa shape index (κ1) is 14.5. The lowest BCUT2D eigenvalue weighted by Gasteiger charge is -2.20. The van der Waals surface area contributed by atoms with Gasteiger partial charge >= 0.3 is 0 Å². The first-order chi connectivity index (χ1) is 9.85. The lowest BCUT2D eigenvalue weighted by Crippen LogP contribution is -2.20. The Kier molecular flexibility index (Phi) is 5.56. The third-order valence-corrected chi connectivity index (χ3v) is 3.25. The molecule has 1 aromatic carbocycles. The summed E-state index contributed by atoms with van der Waals surface area (Å²) in [5.74, 6) is 0.936. The highest BCUT2D eigenvalue weighted by Gasteiger charge is 2.13. The smallest absolute Gasteiger partial charge is 0.130 e. The average molecular weight is 270 g/mol. The molecule has 2 rings (SSSR count). The van der Waals surface area contributed by atoms with Gasteiger partial charge in [-0.2, -0.15) is 0 Å². The van der Waals surface area contributed by atoms with E-state index < -0.39 is 0 Å². The first-order valence-electron chi connectivity index (χ1n) is 7.20. The molecule has 0 bridgehead atoms. The number of nitrogens with one attached hydrogen (secondary N) is 1. The third-order valence-electron chi connectivity index (χ3n) is 3.25. The van der Waals surface area contributed by atoms with Gasteiger partial charge in [0.05, 0.1) is 5.69 Å². The average Bonchev–Trinajstić information content (AvgIpc) is 2.52. The van der Waals surface area contributed by atoms with Crippen molar-refractivity contribution in [2.24, 2.45) is 0 Å². The Balaban J connectivity index is 2.11. The van der Waals surface area contributed by atoms with E-state index in [0.29, 0.717) is 12.6 Å². The van der Waals surface area contributed by atoms with Crippen LogP contribution in [-0.2, 0) is 6.61 Å². The molecule has 1 aromatic heterocycles. The van der Waals surface area contributed by atoms with Crippen LogP contribution in [0, 0.1) is 0 Å². The summed E-state index contributed by atoms with van der Waals surface area (Å²) in [6.07, 6.45) is 2.83. The van der Waals surface area contributed by atoms with Crippen molar-refractivity contribution in [2.45, 2.75) is 32.9 Å². The van der Waals surface area contributed by atoms with Crippen LogP contribution >= 0.6 is 0 Å². The van der Waals surface area contributed by atoms with Crippen molar-refractivity contribution >= 4 is 0 Å². The maximum absolute atomic E-state index is 5.95. The molecule has 1 atom stereocenters. The van der Waals surface area contributed by atoms with Crippen molar-refractivity contribution in [1.82, 2.24) is 10.3 Å². The zero-order valence-corrected chi connectivity index (χ0v) is 12.2. The SMILES string of the molecule is CCNC(CC)c1ccccc1OCc1ccccn1. The molecule has 0 aliphatic heterocycles. The molecule has 0 saturated carbocycles. The molecule has 0 fully saturated rings. The first-order valence-corrected chi connectivity index (χ1v) is 7.20. The summed E-state index contributed by atoms with van der Waals surface area (Å²) >= 11 is 0. The molecule has 0 radical (unpaired) electrons. The molecular formula is C17H22N2O. The van der Waals surface area contributed by atoms with Crippen molar-refractivity contribution in [3.63, 3.8) is 0 Å². The molecule has 3 nitrogen and oxygen atoms in total. The van der Waals surface area contributed by atoms with Crippen LogP contribution in [-0.4, -0.2) is 11.5 Å². The van der Waals surface area contributed by atoms with Gasteiger partial charge in [-0.25, -0.2) is 0 Å². The van der Waals surface area contributed by atoms with Crippen LogP contribution in [0.25, 0.3) is 0 Å². The summed E-state index contributed by atoms with van der Waals surface area (Å²) in [7, 11) is 0. The van der Waals surface area contributed by atoms with E-state index in [1.165, 1.54) is 5.56 Å². The van der Waals surface area contributed by atoms with Crippen molar-refractivity contribution in [3.05, 3.63) is 59.9 Å². The minimum atomic E-state index is 0.333. The van der Waals surface area contributed by atoms with E-state index in [-0.39, 0.29) is 0 Å². The maximum atomic E-state index is 5.95. The second-order valence-corrected chi connectivity index (χ2v) is 4.67. The third kappa shape index (κ3) is 3.81. The number of rotatable bonds is 7. The Hall–Kier alpha value is -1.87. The summed E-state index contributed by atoms with van der Waals surface area (Å²) in [6.45, 7) is 5.76. The molecule has 0 spiro atoms. The Morgan fingerprint density at radius 3 is 2.60 bits per heavy atom. The normalized spacial score (nSPS) is 12.1. The second kappa shape index (κ2) is 7.65. The molecule has 1 N–H and O–H groups in total. The highest BCUT2D eigenvalue weighted by molar-refractivity contribution is 5.36. The fraction of sp³-hybridized carbons (Fsp3) is 0.353. The van der Waals surface area contributed by atoms with E-state index in [2.05, 4.69) is 36.3 Å². The molecule has 106 valence electrons. The Labute approximate surface area is 121 Å². The molecule has 20 heavy (non-hydrogen) atoms. The maximum Gasteiger partial charge on any atom is 0.130 e. The summed E-state index contributed by atoms with van der Waals surface area (Å²) in [5.41, 5.74) is 2.16. The molecular weight excluding hydrogens is 248 g/mol. The Morgan fingerprint density at radius 2 is 1.90 bits per heavy atom. The van der Waals surface area contributed by atoms with Gasteiger partial charge in [-0.05, 0) is 31.2 Å². The molecule has 3 heteroatoms. The highest BCUT2D eigenvalue weighted by atomic mass is 16.5. The van der Waals surface area contributed by atoms with Crippen molar-refractivity contribution in [1.29, 1.82) is 0 Å². The van der Waals surface area contributed by atoms with Gasteiger partial charge in [-0.1, -0.05) is 38.1 Å². The van der Waals surface area contributed by atoms with Crippen molar-refractivity contribution in [2.75, 3.05) is 6.54 Å². The van der Waals surface area contributed by atoms with Crippen LogP contribution in [0.5, 0.6) is 5.75 Å². The zero-order chi connectivity index (χ0) is 14.2. The Bertz CT molecular complexity index is 513. The lowest BCUT2D eigenvalue weighted by atomic mass is 10.0. The summed E-state index contributed by atoms with van der Waals surface area (Å²) in [5, 5.41) is 3.49. The molecule has 0 amide bonds. The van der Waals surface area contributed by atoms with E-state index in [4.69, 9.17) is 4.74 Å². The van der Waals surface area contributed by atoms with Gasteiger partial charge < -0.3 is 10.1 Å². The van der Waals surface area contributed by atoms with Crippen molar-refractivity contribution < 1.29 is 4.74 Å². The Morgan fingerprint density at radius 1 is 1.10 bits per heavy atom. The van der Waals surface area contributed by atoms with Crippen LogP contribution in [0.15, 0.2) is 48.7 Å². The molecule has 0 aliphatic rings. The standard InChI is InChI=1S/C17H22N2O/c1-3-16(18-4-2)15-10-5-6-11-17(15)20-13-14-9-7-8-12-19-14/h5-12,16,18H,3-4,13H2,1-2H3. The minimum Gasteiger partial charge on any atom is -0.487 e. The van der Waals surface area contributed by atoms with E-state index in [0.717, 1.165) is 24.4 Å². The summed E-state index contributed by atoms with van der Waals surface area (Å²) < 4.78 is 5.95. The number of hydrogen-bond acceptors (Lipinski definition) is 3. The molecule has 1 heterocycles. The number of aromatic nitrogens is 1. The van der Waals surface area contributed by atoms with E-state index >= 15 is 0 Å². The fourth-order valence-corrected chi connectivity index (χ4v) is 2.26. The number of benzene rings is 1. The van der Waals surface area contributed by atoms with Crippen LogP contribution in [0.2, 0.25) is 0 Å². The predicted octanol–water partition coefficient (Wildman–Crippen LogP) is 3.72. The number of nitrogens with zero attached hydrogens (tertiary/aromatic N) is 1. The number of ether oxygens (including phenoxy) is 1. The molecule has 0 aliphatic carbocycles. The fourth-order valence-electron chi connectivity index (χ4n) is 2.26. The highest BCUT2D eigenvalue weighted by Crippen LogP contribution is 2.27. The van der Waals surface area contributed by atoms with Gasteiger partial charge in [0.15, 0.2) is 0 Å². The van der Waals surface area contributed by atoms with Gasteiger partial charge in [0, 0.05) is 17.8 Å². The quantitative estimate of drug-likeness (QED) is 0.832. The van der Waals surface area contributed by atoms with Crippen LogP contribution < -0.4 is 10.1 Å². The van der Waals surface area contributed by atoms with E-state index in [1.54, 1.807) is 6.20 Å². The van der Waals surface area contributed by atoms with Gasteiger partial charge in [0.25, 0.3) is 0 Å². The van der Waals surface area contributed by atoms with Gasteiger partial charge in [0.2, 0.25) is 0 Å². The van der Waals surface area contributed by atoms with E-state index in [9.17, 15) is 0 Å². The van der Waals surface area contributed by atoms with Gasteiger partial charge in [-0.15, -0.1) is 0 Å². The van der Waals surface area contributed by atoms with Crippen LogP contribution in [0.1, 0.15) is 37.6 Å². The van der Waals surface area contributed by atoms with Crippen LogP contribution in [0.4, 0.5) is 0 Å². The van der Waals surface area contributed by atoms with Gasteiger partial charge in [-0.3, -0.25) is 4.98 Å². The predicted molar refractivity (Wildman–Crippen MR) is 81.7 cm³/mol. The minimum absolute atomic E-state index is 0.333. The second-order valence-electron chi connectivity index (χ2n) is 4.67. The van der Waals surface area contributed by atoms with Crippen molar-refractivity contribution in [3.8, 4) is 5.75 Å².